The Bertz CT molecular complexity index is 958. The van der Waals surface area contributed by atoms with Crippen molar-refractivity contribution in [3.05, 3.63) is 89.0 Å². The molecule has 27 heavy (non-hydrogen) atoms. The van der Waals surface area contributed by atoms with Gasteiger partial charge >= 0.3 is 5.97 Å². The predicted octanol–water partition coefficient (Wildman–Crippen LogP) is 6.34. The molecule has 0 unspecified atom stereocenters. The summed E-state index contributed by atoms with van der Waals surface area (Å²) in [6, 6.07) is 22.6. The molecule has 0 saturated carbocycles. The number of esters is 1. The lowest BCUT2D eigenvalue weighted by molar-refractivity contribution is 0.0596. The van der Waals surface area contributed by atoms with Gasteiger partial charge < -0.3 is 4.74 Å². The molecule has 3 rings (SSSR count). The second kappa shape index (κ2) is 8.74. The van der Waals surface area contributed by atoms with Gasteiger partial charge in [-0.1, -0.05) is 72.3 Å². The van der Waals surface area contributed by atoms with Gasteiger partial charge in [0.2, 0.25) is 0 Å². The van der Waals surface area contributed by atoms with Crippen molar-refractivity contribution in [2.75, 3.05) is 13.4 Å². The number of ether oxygens (including phenoxy) is 1. The van der Waals surface area contributed by atoms with Crippen molar-refractivity contribution in [1.29, 1.82) is 0 Å². The van der Waals surface area contributed by atoms with E-state index < -0.39 is 0 Å². The number of methoxy groups -OCH3 is 1. The average molecular weight is 375 g/mol. The third kappa shape index (κ3) is 4.50. The molecular weight excluding hydrogens is 352 g/mol. The molecule has 0 aromatic heterocycles. The third-order valence-corrected chi connectivity index (χ3v) is 5.14. The van der Waals surface area contributed by atoms with E-state index in [2.05, 4.69) is 43.3 Å². The summed E-state index contributed by atoms with van der Waals surface area (Å²) < 4.78 is 5.05. The molecule has 0 amide bonds. The van der Waals surface area contributed by atoms with E-state index in [1.165, 1.54) is 12.7 Å². The van der Waals surface area contributed by atoms with Gasteiger partial charge in [0.25, 0.3) is 0 Å². The zero-order valence-corrected chi connectivity index (χ0v) is 16.5. The molecular formula is C24H22O2S. The second-order valence-corrected chi connectivity index (χ2v) is 7.09. The van der Waals surface area contributed by atoms with Crippen molar-refractivity contribution in [3.63, 3.8) is 0 Å². The molecule has 0 radical (unpaired) electrons. The topological polar surface area (TPSA) is 26.3 Å². The second-order valence-electron chi connectivity index (χ2n) is 6.24. The quantitative estimate of drug-likeness (QED) is 0.296. The first-order chi connectivity index (χ1) is 13.1. The largest absolute Gasteiger partial charge is 0.465 e. The van der Waals surface area contributed by atoms with Crippen LogP contribution in [0.1, 0.15) is 27.0 Å². The summed E-state index contributed by atoms with van der Waals surface area (Å²) >= 11 is 1.55. The lowest BCUT2D eigenvalue weighted by atomic mass is 9.97. The van der Waals surface area contributed by atoms with Crippen molar-refractivity contribution >= 4 is 29.9 Å². The summed E-state index contributed by atoms with van der Waals surface area (Å²) in [5, 5.41) is 0. The number of benzene rings is 3. The molecule has 3 aromatic carbocycles. The Balaban J connectivity index is 2.14. The minimum Gasteiger partial charge on any atom is -0.465 e. The molecule has 0 atom stereocenters. The fourth-order valence-electron chi connectivity index (χ4n) is 2.91. The maximum Gasteiger partial charge on any atom is 0.339 e. The van der Waals surface area contributed by atoms with Crippen LogP contribution in [0.15, 0.2) is 71.6 Å². The van der Waals surface area contributed by atoms with E-state index in [1.807, 2.05) is 48.7 Å². The molecule has 136 valence electrons. The van der Waals surface area contributed by atoms with Gasteiger partial charge in [-0.3, -0.25) is 0 Å². The van der Waals surface area contributed by atoms with Crippen LogP contribution >= 0.6 is 11.8 Å². The fourth-order valence-corrected chi connectivity index (χ4v) is 3.56. The van der Waals surface area contributed by atoms with Crippen molar-refractivity contribution in [2.45, 2.75) is 11.8 Å². The van der Waals surface area contributed by atoms with Crippen LogP contribution in [0, 0.1) is 6.92 Å². The van der Waals surface area contributed by atoms with Crippen molar-refractivity contribution in [3.8, 4) is 11.1 Å². The summed E-state index contributed by atoms with van der Waals surface area (Å²) in [5.41, 5.74) is 5.97. The number of carbonyl (C=O) groups excluding carboxylic acids is 1. The molecule has 0 fully saturated rings. The molecule has 0 bridgehead atoms. The highest BCUT2D eigenvalue weighted by molar-refractivity contribution is 7.98. The molecule has 0 spiro atoms. The van der Waals surface area contributed by atoms with Crippen LogP contribution in [0.3, 0.4) is 0 Å². The smallest absolute Gasteiger partial charge is 0.339 e. The Morgan fingerprint density at radius 2 is 1.63 bits per heavy atom. The molecule has 0 aliphatic carbocycles. The number of carbonyl (C=O) groups is 1. The number of aryl methyl sites for hydroxylation is 1. The SMILES string of the molecule is COC(=O)c1c(/C=C/c2ccccc2)cc(-c2ccc(C)cc2)cc1SC. The van der Waals surface area contributed by atoms with Crippen LogP contribution in [-0.4, -0.2) is 19.3 Å². The number of hydrogen-bond acceptors (Lipinski definition) is 3. The molecule has 3 aromatic rings. The highest BCUT2D eigenvalue weighted by atomic mass is 32.2. The van der Waals surface area contributed by atoms with E-state index in [9.17, 15) is 4.79 Å². The van der Waals surface area contributed by atoms with Crippen molar-refractivity contribution in [1.82, 2.24) is 0 Å². The zero-order chi connectivity index (χ0) is 19.2. The Morgan fingerprint density at radius 3 is 2.26 bits per heavy atom. The standard InChI is InChI=1S/C24H22O2S/c1-17-9-12-19(13-10-17)21-15-20(14-11-18-7-5-4-6-8-18)23(24(25)26-2)22(16-21)27-3/h4-16H,1-3H3/b14-11+. The van der Waals surface area contributed by atoms with Gasteiger partial charge in [0.05, 0.1) is 12.7 Å². The van der Waals surface area contributed by atoms with Gasteiger partial charge in [0.15, 0.2) is 0 Å². The summed E-state index contributed by atoms with van der Waals surface area (Å²) in [5.74, 6) is -0.317. The number of thioether (sulfide) groups is 1. The Kier molecular flexibility index (Phi) is 6.15. The van der Waals surface area contributed by atoms with E-state index >= 15 is 0 Å². The molecule has 2 nitrogen and oxygen atoms in total. The van der Waals surface area contributed by atoms with Gasteiger partial charge in [-0.05, 0) is 47.6 Å². The van der Waals surface area contributed by atoms with Crippen LogP contribution in [0.2, 0.25) is 0 Å². The third-order valence-electron chi connectivity index (χ3n) is 4.38. The van der Waals surface area contributed by atoms with Crippen LogP contribution in [-0.2, 0) is 4.74 Å². The Labute approximate surface area is 164 Å². The molecule has 0 heterocycles. The van der Waals surface area contributed by atoms with Gasteiger partial charge in [-0.25, -0.2) is 4.79 Å². The molecule has 0 N–H and O–H groups in total. The van der Waals surface area contributed by atoms with Crippen molar-refractivity contribution in [2.24, 2.45) is 0 Å². The van der Waals surface area contributed by atoms with Crippen LogP contribution in [0.5, 0.6) is 0 Å². The summed E-state index contributed by atoms with van der Waals surface area (Å²) in [7, 11) is 1.42. The van der Waals surface area contributed by atoms with Gasteiger partial charge in [0, 0.05) is 4.90 Å². The first kappa shape index (κ1) is 19.0. The lowest BCUT2D eigenvalue weighted by Gasteiger charge is -2.13. The monoisotopic (exact) mass is 374 g/mol. The normalized spacial score (nSPS) is 10.9. The average Bonchev–Trinajstić information content (AvgIpc) is 2.72. The number of hydrogen-bond donors (Lipinski definition) is 0. The predicted molar refractivity (Wildman–Crippen MR) is 115 cm³/mol. The molecule has 0 aliphatic rings. The molecule has 3 heteroatoms. The Morgan fingerprint density at radius 1 is 0.926 bits per heavy atom. The van der Waals surface area contributed by atoms with Crippen molar-refractivity contribution < 1.29 is 9.53 Å². The summed E-state index contributed by atoms with van der Waals surface area (Å²) in [6.45, 7) is 2.07. The molecule has 0 saturated heterocycles. The van der Waals surface area contributed by atoms with E-state index in [1.54, 1.807) is 11.8 Å². The maximum atomic E-state index is 12.4. The van der Waals surface area contributed by atoms with Crippen LogP contribution in [0.25, 0.3) is 23.3 Å². The molecule has 0 aliphatic heterocycles. The highest BCUT2D eigenvalue weighted by Crippen LogP contribution is 2.32. The van der Waals surface area contributed by atoms with E-state index in [-0.39, 0.29) is 5.97 Å². The maximum absolute atomic E-state index is 12.4. The highest BCUT2D eigenvalue weighted by Gasteiger charge is 2.17. The van der Waals surface area contributed by atoms with E-state index in [4.69, 9.17) is 4.74 Å². The zero-order valence-electron chi connectivity index (χ0n) is 15.7. The fraction of sp³-hybridized carbons (Fsp3) is 0.125. The van der Waals surface area contributed by atoms with Gasteiger partial charge in [-0.2, -0.15) is 0 Å². The summed E-state index contributed by atoms with van der Waals surface area (Å²) in [6.07, 6.45) is 5.98. The first-order valence-corrected chi connectivity index (χ1v) is 9.95. The summed E-state index contributed by atoms with van der Waals surface area (Å²) in [4.78, 5) is 13.4. The number of rotatable bonds is 5. The minimum absolute atomic E-state index is 0.317. The van der Waals surface area contributed by atoms with Crippen LogP contribution < -0.4 is 0 Å². The van der Waals surface area contributed by atoms with Gasteiger partial charge in [-0.15, -0.1) is 11.8 Å². The van der Waals surface area contributed by atoms with Crippen LogP contribution in [0.4, 0.5) is 0 Å². The first-order valence-electron chi connectivity index (χ1n) is 8.73. The minimum atomic E-state index is -0.317. The van der Waals surface area contributed by atoms with Gasteiger partial charge in [0.1, 0.15) is 0 Å². The Hall–Kier alpha value is -2.78. The van der Waals surface area contributed by atoms with E-state index in [0.29, 0.717) is 5.56 Å². The lowest BCUT2D eigenvalue weighted by Crippen LogP contribution is -2.06. The van der Waals surface area contributed by atoms with E-state index in [0.717, 1.165) is 27.1 Å².